The van der Waals surface area contributed by atoms with Crippen molar-refractivity contribution < 1.29 is 9.53 Å². The van der Waals surface area contributed by atoms with Crippen LogP contribution in [0.3, 0.4) is 0 Å². The molecule has 0 aliphatic heterocycles. The van der Waals surface area contributed by atoms with E-state index in [1.165, 1.54) is 12.3 Å². The highest BCUT2D eigenvalue weighted by atomic mass is 16.5. The van der Waals surface area contributed by atoms with Crippen LogP contribution in [0.25, 0.3) is 0 Å². The Morgan fingerprint density at radius 3 is 2.71 bits per heavy atom. The van der Waals surface area contributed by atoms with Gasteiger partial charge in [0.2, 0.25) is 5.91 Å². The third kappa shape index (κ3) is 4.30. The zero-order valence-corrected chi connectivity index (χ0v) is 7.77. The van der Waals surface area contributed by atoms with Gasteiger partial charge in [0.05, 0.1) is 6.26 Å². The Morgan fingerprint density at radius 1 is 1.36 bits per heavy atom. The lowest BCUT2D eigenvalue weighted by atomic mass is 10.2. The van der Waals surface area contributed by atoms with Gasteiger partial charge in [0, 0.05) is 6.42 Å². The number of hydrogen-bond donors (Lipinski definition) is 0. The summed E-state index contributed by atoms with van der Waals surface area (Å²) in [5.41, 5.74) is 7.71. The molecule has 0 spiro atoms. The second kappa shape index (κ2) is 5.80. The average Bonchev–Trinajstić information content (AvgIpc) is 2.18. The Labute approximate surface area is 83.2 Å². The van der Waals surface area contributed by atoms with E-state index in [-0.39, 0.29) is 6.42 Å². The van der Waals surface area contributed by atoms with E-state index in [0.717, 1.165) is 5.56 Å². The highest BCUT2D eigenvalue weighted by molar-refractivity contribution is 5.74. The molecule has 1 aromatic rings. The molecular formula is C11H12NO2. The van der Waals surface area contributed by atoms with Crippen molar-refractivity contribution in [2.75, 3.05) is 0 Å². The number of ether oxygens (including phenoxy) is 1. The van der Waals surface area contributed by atoms with Crippen LogP contribution in [-0.4, -0.2) is 5.91 Å². The molecule has 0 saturated carbocycles. The summed E-state index contributed by atoms with van der Waals surface area (Å²) in [5.74, 6) is -0.607. The summed E-state index contributed by atoms with van der Waals surface area (Å²) < 4.78 is 5.15. The fraction of sp³-hybridized carbons (Fsp3) is 0.182. The summed E-state index contributed by atoms with van der Waals surface area (Å²) in [6.07, 6.45) is 3.10. The number of benzene rings is 1. The maximum absolute atomic E-state index is 10.2. The Hall–Kier alpha value is -1.77. The molecule has 1 N–H and O–H groups in total. The molecule has 0 fully saturated rings. The van der Waals surface area contributed by atoms with Crippen LogP contribution in [0.4, 0.5) is 0 Å². The summed E-state index contributed by atoms with van der Waals surface area (Å²) in [7, 11) is 0. The smallest absolute Gasteiger partial charge is 0.242 e. The number of nitrogens with one attached hydrogen (secondary N) is 1. The van der Waals surface area contributed by atoms with Crippen molar-refractivity contribution in [1.82, 2.24) is 5.73 Å². The molecule has 3 nitrogen and oxygen atoms in total. The third-order valence-corrected chi connectivity index (χ3v) is 1.59. The number of hydrogen-bond acceptors (Lipinski definition) is 2. The molecule has 0 heterocycles. The van der Waals surface area contributed by atoms with E-state index in [1.54, 1.807) is 0 Å². The van der Waals surface area contributed by atoms with Gasteiger partial charge in [-0.05, 0) is 11.6 Å². The van der Waals surface area contributed by atoms with Gasteiger partial charge in [0.1, 0.15) is 6.61 Å². The topological polar surface area (TPSA) is 50.1 Å². The average molecular weight is 190 g/mol. The second-order valence-electron chi connectivity index (χ2n) is 2.80. The maximum atomic E-state index is 10.2. The lowest BCUT2D eigenvalue weighted by Gasteiger charge is -1.99. The van der Waals surface area contributed by atoms with Crippen LogP contribution in [0.5, 0.6) is 0 Å². The van der Waals surface area contributed by atoms with Crippen LogP contribution in [0.1, 0.15) is 12.0 Å². The summed E-state index contributed by atoms with van der Waals surface area (Å²) in [4.78, 5) is 10.2. The van der Waals surface area contributed by atoms with Crippen LogP contribution < -0.4 is 5.73 Å². The van der Waals surface area contributed by atoms with Crippen molar-refractivity contribution in [3.8, 4) is 0 Å². The van der Waals surface area contributed by atoms with E-state index in [9.17, 15) is 4.79 Å². The maximum Gasteiger partial charge on any atom is 0.242 e. The molecule has 73 valence electrons. The van der Waals surface area contributed by atoms with E-state index in [1.807, 2.05) is 30.3 Å². The van der Waals surface area contributed by atoms with Crippen molar-refractivity contribution in [2.24, 2.45) is 0 Å². The van der Waals surface area contributed by atoms with Gasteiger partial charge in [0.25, 0.3) is 0 Å². The predicted molar refractivity (Wildman–Crippen MR) is 53.1 cm³/mol. The minimum absolute atomic E-state index is 0.106. The Balaban J connectivity index is 2.22. The Morgan fingerprint density at radius 2 is 2.07 bits per heavy atom. The first-order valence-electron chi connectivity index (χ1n) is 4.34. The summed E-state index contributed by atoms with van der Waals surface area (Å²) in [6.45, 7) is 0.490. The molecule has 1 amide bonds. The lowest BCUT2D eigenvalue weighted by Crippen LogP contribution is -1.93. The first-order chi connectivity index (χ1) is 6.79. The Kier molecular flexibility index (Phi) is 4.27. The van der Waals surface area contributed by atoms with E-state index < -0.39 is 5.91 Å². The number of carbonyl (C=O) groups excluding carboxylic acids is 1. The minimum atomic E-state index is -0.607. The van der Waals surface area contributed by atoms with Crippen LogP contribution in [0.15, 0.2) is 42.7 Å². The summed E-state index contributed by atoms with van der Waals surface area (Å²) in [5, 5.41) is 0. The zero-order chi connectivity index (χ0) is 10.2. The van der Waals surface area contributed by atoms with Gasteiger partial charge in [-0.15, -0.1) is 0 Å². The van der Waals surface area contributed by atoms with Crippen molar-refractivity contribution in [3.63, 3.8) is 0 Å². The molecule has 0 aliphatic carbocycles. The fourth-order valence-electron chi connectivity index (χ4n) is 0.942. The molecule has 14 heavy (non-hydrogen) atoms. The van der Waals surface area contributed by atoms with Crippen LogP contribution >= 0.6 is 0 Å². The zero-order valence-electron chi connectivity index (χ0n) is 7.77. The summed E-state index contributed by atoms with van der Waals surface area (Å²) in [6, 6.07) is 9.75. The highest BCUT2D eigenvalue weighted by Gasteiger charge is 1.89. The van der Waals surface area contributed by atoms with Gasteiger partial charge in [-0.1, -0.05) is 30.3 Å². The molecule has 0 saturated heterocycles. The van der Waals surface area contributed by atoms with Gasteiger partial charge in [-0.25, -0.2) is 0 Å². The van der Waals surface area contributed by atoms with E-state index >= 15 is 0 Å². The molecule has 0 bridgehead atoms. The molecule has 3 heteroatoms. The second-order valence-corrected chi connectivity index (χ2v) is 2.80. The lowest BCUT2D eigenvalue weighted by molar-refractivity contribution is -0.117. The van der Waals surface area contributed by atoms with E-state index in [2.05, 4.69) is 0 Å². The van der Waals surface area contributed by atoms with E-state index in [0.29, 0.717) is 6.61 Å². The number of rotatable bonds is 5. The standard InChI is InChI=1S/C11H12NO2/c12-11(13)7-4-8-14-9-10-5-2-1-3-6-10/h1-6,8,12H,7,9H2. The predicted octanol–water partition coefficient (Wildman–Crippen LogP) is 1.92. The first kappa shape index (κ1) is 10.3. The largest absolute Gasteiger partial charge is 0.497 e. The third-order valence-electron chi connectivity index (χ3n) is 1.59. The monoisotopic (exact) mass is 190 g/mol. The Bertz CT molecular complexity index is 306. The van der Waals surface area contributed by atoms with Crippen LogP contribution in [0.2, 0.25) is 0 Å². The molecule has 0 aromatic heterocycles. The normalized spacial score (nSPS) is 10.3. The van der Waals surface area contributed by atoms with Gasteiger partial charge in [0.15, 0.2) is 0 Å². The number of amides is 1. The van der Waals surface area contributed by atoms with Crippen molar-refractivity contribution >= 4 is 5.91 Å². The van der Waals surface area contributed by atoms with Crippen LogP contribution in [-0.2, 0) is 16.1 Å². The van der Waals surface area contributed by atoms with Gasteiger partial charge in [-0.3, -0.25) is 10.5 Å². The SMILES string of the molecule is [NH]C(=O)CC=COCc1ccccc1. The molecule has 0 atom stereocenters. The van der Waals surface area contributed by atoms with Gasteiger partial charge in [-0.2, -0.15) is 0 Å². The van der Waals surface area contributed by atoms with Gasteiger partial charge >= 0.3 is 0 Å². The van der Waals surface area contributed by atoms with Crippen molar-refractivity contribution in [2.45, 2.75) is 13.0 Å². The van der Waals surface area contributed by atoms with Crippen molar-refractivity contribution in [3.05, 3.63) is 48.2 Å². The molecule has 1 rings (SSSR count). The fourth-order valence-corrected chi connectivity index (χ4v) is 0.942. The summed E-state index contributed by atoms with van der Waals surface area (Å²) >= 11 is 0. The minimum Gasteiger partial charge on any atom is -0.497 e. The van der Waals surface area contributed by atoms with E-state index in [4.69, 9.17) is 10.5 Å². The molecule has 1 aromatic carbocycles. The highest BCUT2D eigenvalue weighted by Crippen LogP contribution is 2.00. The molecule has 1 radical (unpaired) electrons. The molecule has 0 aliphatic rings. The molecule has 0 unspecified atom stereocenters. The first-order valence-corrected chi connectivity index (χ1v) is 4.34. The van der Waals surface area contributed by atoms with Gasteiger partial charge < -0.3 is 4.74 Å². The number of carbonyl (C=O) groups is 1. The van der Waals surface area contributed by atoms with Crippen molar-refractivity contribution in [1.29, 1.82) is 0 Å². The quantitative estimate of drug-likeness (QED) is 0.666. The molecular weight excluding hydrogens is 178 g/mol. The van der Waals surface area contributed by atoms with Crippen LogP contribution in [0, 0.1) is 0 Å².